The van der Waals surface area contributed by atoms with Crippen molar-refractivity contribution in [3.8, 4) is 17.4 Å². The lowest BCUT2D eigenvalue weighted by molar-refractivity contribution is -0.154. The van der Waals surface area contributed by atoms with E-state index in [-0.39, 0.29) is 11.6 Å². The van der Waals surface area contributed by atoms with Gasteiger partial charge in [-0.25, -0.2) is 9.97 Å². The number of imidazole rings is 1. The zero-order valence-electron chi connectivity index (χ0n) is 10.9. The normalized spacial score (nSPS) is 11.8. The summed E-state index contributed by atoms with van der Waals surface area (Å²) in [5, 5.41) is 0.538. The number of aromatic nitrogens is 4. The summed E-state index contributed by atoms with van der Waals surface area (Å²) >= 11 is 5.88. The van der Waals surface area contributed by atoms with E-state index >= 15 is 0 Å². The van der Waals surface area contributed by atoms with E-state index in [0.717, 1.165) is 6.20 Å². The Hall–Kier alpha value is -2.35. The van der Waals surface area contributed by atoms with E-state index in [1.807, 2.05) is 0 Å². The second-order valence-corrected chi connectivity index (χ2v) is 4.83. The van der Waals surface area contributed by atoms with Crippen molar-refractivity contribution in [1.29, 1.82) is 0 Å². The van der Waals surface area contributed by atoms with Crippen LogP contribution in [0.4, 0.5) is 13.2 Å². The van der Waals surface area contributed by atoms with Gasteiger partial charge in [0.05, 0.1) is 23.4 Å². The molecule has 0 saturated carbocycles. The number of hydrogen-bond donors (Lipinski definition) is 1. The van der Waals surface area contributed by atoms with E-state index in [2.05, 4.69) is 24.7 Å². The van der Waals surface area contributed by atoms with Gasteiger partial charge in [-0.05, 0) is 18.2 Å². The number of benzene rings is 1. The van der Waals surface area contributed by atoms with Gasteiger partial charge in [0, 0.05) is 5.02 Å². The molecule has 0 bridgehead atoms. The minimum atomic E-state index is -4.44. The quantitative estimate of drug-likeness (QED) is 0.797. The molecule has 3 aromatic rings. The second kappa shape index (κ2) is 5.45. The van der Waals surface area contributed by atoms with Crippen molar-refractivity contribution in [3.63, 3.8) is 0 Å². The van der Waals surface area contributed by atoms with Gasteiger partial charge in [-0.1, -0.05) is 11.6 Å². The molecule has 0 spiro atoms. The summed E-state index contributed by atoms with van der Waals surface area (Å²) in [7, 11) is 0. The number of rotatable bonds is 3. The number of nitrogens with one attached hydrogen (secondary N) is 1. The molecule has 1 N–H and O–H groups in total. The van der Waals surface area contributed by atoms with Crippen LogP contribution in [-0.2, 0) is 0 Å². The zero-order chi connectivity index (χ0) is 15.7. The second-order valence-electron chi connectivity index (χ2n) is 4.39. The van der Waals surface area contributed by atoms with Gasteiger partial charge in [0.1, 0.15) is 5.69 Å². The topological polar surface area (TPSA) is 63.7 Å². The Morgan fingerprint density at radius 3 is 2.77 bits per heavy atom. The highest BCUT2D eigenvalue weighted by Crippen LogP contribution is 2.23. The third kappa shape index (κ3) is 3.28. The number of halogens is 4. The summed E-state index contributed by atoms with van der Waals surface area (Å²) in [6, 6.07) is 5.09. The standard InChI is InChI=1S/C13H8ClF3N4O/c14-7-1-2-8-9(3-7)21-12(20-8)10-4-18-5-11(19-10)22-6-13(15,16)17/h1-5H,6H2,(H,20,21). The molecule has 0 aliphatic carbocycles. The summed E-state index contributed by atoms with van der Waals surface area (Å²) in [5.41, 5.74) is 1.61. The first-order valence-corrected chi connectivity index (χ1v) is 6.46. The van der Waals surface area contributed by atoms with Crippen LogP contribution in [0.25, 0.3) is 22.6 Å². The fourth-order valence-corrected chi connectivity index (χ4v) is 1.96. The molecule has 0 aliphatic rings. The van der Waals surface area contributed by atoms with Crippen LogP contribution in [0.3, 0.4) is 0 Å². The SMILES string of the molecule is FC(F)(F)COc1cncc(-c2nc3ccc(Cl)cc3[nH]2)n1. The maximum absolute atomic E-state index is 12.1. The molecule has 0 amide bonds. The van der Waals surface area contributed by atoms with Crippen LogP contribution < -0.4 is 4.74 Å². The van der Waals surface area contributed by atoms with Crippen molar-refractivity contribution < 1.29 is 17.9 Å². The van der Waals surface area contributed by atoms with Gasteiger partial charge in [0.25, 0.3) is 0 Å². The highest BCUT2D eigenvalue weighted by molar-refractivity contribution is 6.31. The Bertz CT molecular complexity index is 818. The minimum absolute atomic E-state index is 0.228. The third-order valence-corrected chi connectivity index (χ3v) is 2.92. The number of alkyl halides is 3. The molecule has 0 unspecified atom stereocenters. The van der Waals surface area contributed by atoms with Gasteiger partial charge in [-0.2, -0.15) is 13.2 Å². The summed E-state index contributed by atoms with van der Waals surface area (Å²) in [5.74, 6) is 0.135. The van der Waals surface area contributed by atoms with Gasteiger partial charge in [0.15, 0.2) is 12.4 Å². The predicted octanol–water partition coefficient (Wildman–Crippen LogP) is 3.61. The van der Waals surface area contributed by atoms with Crippen LogP contribution in [-0.4, -0.2) is 32.7 Å². The van der Waals surface area contributed by atoms with Crippen molar-refractivity contribution >= 4 is 22.6 Å². The first-order valence-electron chi connectivity index (χ1n) is 6.08. The van der Waals surface area contributed by atoms with Crippen molar-refractivity contribution in [2.75, 3.05) is 6.61 Å². The number of aromatic amines is 1. The van der Waals surface area contributed by atoms with E-state index in [1.54, 1.807) is 18.2 Å². The van der Waals surface area contributed by atoms with Crippen LogP contribution in [0.5, 0.6) is 5.88 Å². The number of nitrogens with zero attached hydrogens (tertiary/aromatic N) is 3. The number of fused-ring (bicyclic) bond motifs is 1. The fraction of sp³-hybridized carbons (Fsp3) is 0.154. The van der Waals surface area contributed by atoms with Crippen molar-refractivity contribution in [2.24, 2.45) is 0 Å². The van der Waals surface area contributed by atoms with E-state index in [0.29, 0.717) is 21.9 Å². The van der Waals surface area contributed by atoms with Gasteiger partial charge >= 0.3 is 6.18 Å². The van der Waals surface area contributed by atoms with Crippen LogP contribution in [0.15, 0.2) is 30.6 Å². The molecule has 9 heteroatoms. The molecule has 0 radical (unpaired) electrons. The molecular formula is C13H8ClF3N4O. The number of H-pyrrole nitrogens is 1. The smallest absolute Gasteiger partial charge is 0.422 e. The minimum Gasteiger partial charge on any atom is -0.467 e. The molecule has 22 heavy (non-hydrogen) atoms. The maximum Gasteiger partial charge on any atom is 0.422 e. The molecule has 2 aromatic heterocycles. The Morgan fingerprint density at radius 2 is 2.00 bits per heavy atom. The first-order chi connectivity index (χ1) is 10.4. The first kappa shape index (κ1) is 14.6. The van der Waals surface area contributed by atoms with Crippen molar-refractivity contribution in [2.45, 2.75) is 6.18 Å². The van der Waals surface area contributed by atoms with E-state index < -0.39 is 12.8 Å². The Kier molecular flexibility index (Phi) is 3.61. The molecule has 0 fully saturated rings. The molecule has 0 aliphatic heterocycles. The molecule has 0 saturated heterocycles. The van der Waals surface area contributed by atoms with E-state index in [9.17, 15) is 13.2 Å². The molecule has 0 atom stereocenters. The monoisotopic (exact) mass is 328 g/mol. The highest BCUT2D eigenvalue weighted by Gasteiger charge is 2.28. The average molecular weight is 329 g/mol. The number of hydrogen-bond acceptors (Lipinski definition) is 4. The third-order valence-electron chi connectivity index (χ3n) is 2.68. The summed E-state index contributed by atoms with van der Waals surface area (Å²) in [6.07, 6.45) is -1.96. The largest absolute Gasteiger partial charge is 0.467 e. The molecular weight excluding hydrogens is 321 g/mol. The molecule has 1 aromatic carbocycles. The fourth-order valence-electron chi connectivity index (χ4n) is 1.79. The molecule has 114 valence electrons. The van der Waals surface area contributed by atoms with E-state index in [4.69, 9.17) is 11.6 Å². The van der Waals surface area contributed by atoms with Gasteiger partial charge in [-0.3, -0.25) is 4.98 Å². The lowest BCUT2D eigenvalue weighted by Crippen LogP contribution is -2.19. The highest BCUT2D eigenvalue weighted by atomic mass is 35.5. The summed E-state index contributed by atoms with van der Waals surface area (Å²) < 4.78 is 41.0. The van der Waals surface area contributed by atoms with Crippen LogP contribution in [0.1, 0.15) is 0 Å². The van der Waals surface area contributed by atoms with Gasteiger partial charge < -0.3 is 9.72 Å². The van der Waals surface area contributed by atoms with E-state index in [1.165, 1.54) is 6.20 Å². The predicted molar refractivity (Wildman–Crippen MR) is 73.7 cm³/mol. The van der Waals surface area contributed by atoms with Crippen molar-refractivity contribution in [3.05, 3.63) is 35.6 Å². The van der Waals surface area contributed by atoms with Crippen LogP contribution in [0, 0.1) is 0 Å². The lowest BCUT2D eigenvalue weighted by atomic mass is 10.3. The summed E-state index contributed by atoms with van der Waals surface area (Å²) in [6.45, 7) is -1.43. The molecule has 2 heterocycles. The lowest BCUT2D eigenvalue weighted by Gasteiger charge is -2.08. The Labute approximate surface area is 127 Å². The van der Waals surface area contributed by atoms with Gasteiger partial charge in [0.2, 0.25) is 5.88 Å². The Balaban J connectivity index is 1.90. The zero-order valence-corrected chi connectivity index (χ0v) is 11.6. The summed E-state index contributed by atoms with van der Waals surface area (Å²) in [4.78, 5) is 15.0. The van der Waals surface area contributed by atoms with Gasteiger partial charge in [-0.15, -0.1) is 0 Å². The Morgan fingerprint density at radius 1 is 1.18 bits per heavy atom. The van der Waals surface area contributed by atoms with Crippen LogP contribution in [0.2, 0.25) is 5.02 Å². The van der Waals surface area contributed by atoms with Crippen LogP contribution >= 0.6 is 11.6 Å². The number of ether oxygens (including phenoxy) is 1. The van der Waals surface area contributed by atoms with Crippen molar-refractivity contribution in [1.82, 2.24) is 19.9 Å². The average Bonchev–Trinajstić information content (AvgIpc) is 2.88. The maximum atomic E-state index is 12.1. The molecule has 3 rings (SSSR count). The molecule has 5 nitrogen and oxygen atoms in total.